The molecule has 1 rings (SSSR count). The lowest BCUT2D eigenvalue weighted by Crippen LogP contribution is -2.52. The Morgan fingerprint density at radius 1 is 1.32 bits per heavy atom. The second-order valence-electron chi connectivity index (χ2n) is 4.85. The normalized spacial score (nSPS) is 13.6. The minimum absolute atomic E-state index is 0.146. The highest BCUT2D eigenvalue weighted by molar-refractivity contribution is 5.87. The Bertz CT molecular complexity index is 456. The van der Waals surface area contributed by atoms with Crippen molar-refractivity contribution in [3.8, 4) is 0 Å². The number of hydrogen-bond acceptors (Lipinski definition) is 3. The first-order valence-corrected chi connectivity index (χ1v) is 6.26. The van der Waals surface area contributed by atoms with E-state index in [2.05, 4.69) is 5.32 Å². The van der Waals surface area contributed by atoms with E-state index in [1.165, 1.54) is 6.92 Å². The Hall–Kier alpha value is -2.04. The summed E-state index contributed by atoms with van der Waals surface area (Å²) in [6.07, 6.45) is 1.23. The molecule has 1 aromatic carbocycles. The Balaban J connectivity index is 2.68. The number of carbonyl (C=O) groups is 2. The maximum Gasteiger partial charge on any atom is 0.329 e. The predicted molar refractivity (Wildman–Crippen MR) is 73.6 cm³/mol. The van der Waals surface area contributed by atoms with Crippen LogP contribution in [0.15, 0.2) is 24.3 Å². The summed E-state index contributed by atoms with van der Waals surface area (Å²) in [7, 11) is 0. The number of amides is 1. The van der Waals surface area contributed by atoms with Crippen LogP contribution >= 0.6 is 0 Å². The number of benzene rings is 1. The third-order valence-corrected chi connectivity index (χ3v) is 2.98. The zero-order valence-electron chi connectivity index (χ0n) is 11.3. The molecule has 0 spiro atoms. The predicted octanol–water partition coefficient (Wildman–Crippen LogP) is 1.57. The molecule has 0 aliphatic carbocycles. The van der Waals surface area contributed by atoms with Gasteiger partial charge >= 0.3 is 5.97 Å². The molecule has 0 fully saturated rings. The van der Waals surface area contributed by atoms with E-state index in [9.17, 15) is 14.7 Å². The summed E-state index contributed by atoms with van der Waals surface area (Å²) in [6, 6.07) is 6.94. The highest BCUT2D eigenvalue weighted by atomic mass is 16.4. The van der Waals surface area contributed by atoms with Crippen molar-refractivity contribution in [1.82, 2.24) is 5.32 Å². The molecule has 0 aliphatic heterocycles. The van der Waals surface area contributed by atoms with E-state index in [4.69, 9.17) is 5.73 Å². The molecule has 0 aliphatic rings. The van der Waals surface area contributed by atoms with Crippen LogP contribution in [0.25, 0.3) is 0 Å². The lowest BCUT2D eigenvalue weighted by molar-refractivity contribution is -0.147. The fraction of sp³-hybridized carbons (Fsp3) is 0.429. The maximum absolute atomic E-state index is 11.9. The van der Waals surface area contributed by atoms with Crippen molar-refractivity contribution in [3.63, 3.8) is 0 Å². The number of nitrogens with one attached hydrogen (secondary N) is 1. The molecule has 0 saturated carbocycles. The molecule has 0 saturated heterocycles. The number of aliphatic carboxylic acids is 1. The molecular formula is C14H20N2O3. The minimum atomic E-state index is -1.21. The van der Waals surface area contributed by atoms with Crippen molar-refractivity contribution in [3.05, 3.63) is 29.8 Å². The van der Waals surface area contributed by atoms with Crippen molar-refractivity contribution in [1.29, 1.82) is 0 Å². The third kappa shape index (κ3) is 4.28. The SMILES string of the molecule is CCCC(C)(NC(=O)Cc1ccc(N)cc1)C(=O)O. The molecule has 1 atom stereocenters. The quantitative estimate of drug-likeness (QED) is 0.680. The van der Waals surface area contributed by atoms with Gasteiger partial charge in [0.25, 0.3) is 0 Å². The van der Waals surface area contributed by atoms with Gasteiger partial charge in [0.05, 0.1) is 6.42 Å². The summed E-state index contributed by atoms with van der Waals surface area (Å²) >= 11 is 0. The molecule has 1 amide bonds. The zero-order valence-corrected chi connectivity index (χ0v) is 11.3. The van der Waals surface area contributed by atoms with E-state index in [1.807, 2.05) is 6.92 Å². The van der Waals surface area contributed by atoms with Gasteiger partial charge in [0.15, 0.2) is 0 Å². The number of carboxylic acid groups (broad SMARTS) is 1. The Labute approximate surface area is 112 Å². The average Bonchev–Trinajstić information content (AvgIpc) is 2.32. The first-order chi connectivity index (χ1) is 8.87. The number of rotatable bonds is 6. The molecule has 5 nitrogen and oxygen atoms in total. The van der Waals surface area contributed by atoms with Crippen LogP contribution in [0.2, 0.25) is 0 Å². The summed E-state index contributed by atoms with van der Waals surface area (Å²) in [5.74, 6) is -1.32. The van der Waals surface area contributed by atoms with Crippen molar-refractivity contribution in [2.75, 3.05) is 5.73 Å². The minimum Gasteiger partial charge on any atom is -0.480 e. The van der Waals surface area contributed by atoms with E-state index in [0.29, 0.717) is 18.5 Å². The first-order valence-electron chi connectivity index (χ1n) is 6.26. The second-order valence-corrected chi connectivity index (χ2v) is 4.85. The topological polar surface area (TPSA) is 92.4 Å². The molecule has 1 unspecified atom stereocenters. The van der Waals surface area contributed by atoms with Gasteiger partial charge in [-0.3, -0.25) is 4.79 Å². The fourth-order valence-electron chi connectivity index (χ4n) is 1.90. The Morgan fingerprint density at radius 3 is 2.37 bits per heavy atom. The molecule has 19 heavy (non-hydrogen) atoms. The van der Waals surface area contributed by atoms with Crippen molar-refractivity contribution >= 4 is 17.6 Å². The van der Waals surface area contributed by atoms with Crippen LogP contribution < -0.4 is 11.1 Å². The summed E-state index contributed by atoms with van der Waals surface area (Å²) in [4.78, 5) is 23.1. The molecule has 0 aromatic heterocycles. The molecule has 0 bridgehead atoms. The summed E-state index contributed by atoms with van der Waals surface area (Å²) in [5.41, 5.74) is 5.78. The highest BCUT2D eigenvalue weighted by Crippen LogP contribution is 2.13. The monoisotopic (exact) mass is 264 g/mol. The van der Waals surface area contributed by atoms with Crippen LogP contribution in [-0.2, 0) is 16.0 Å². The van der Waals surface area contributed by atoms with Crippen LogP contribution in [0, 0.1) is 0 Å². The Morgan fingerprint density at radius 2 is 1.89 bits per heavy atom. The van der Waals surface area contributed by atoms with Crippen LogP contribution in [-0.4, -0.2) is 22.5 Å². The van der Waals surface area contributed by atoms with Gasteiger partial charge in [-0.1, -0.05) is 25.5 Å². The van der Waals surface area contributed by atoms with Gasteiger partial charge in [0.1, 0.15) is 5.54 Å². The zero-order chi connectivity index (χ0) is 14.5. The first kappa shape index (κ1) is 15.0. The van der Waals surface area contributed by atoms with Crippen molar-refractivity contribution in [2.24, 2.45) is 0 Å². The highest BCUT2D eigenvalue weighted by Gasteiger charge is 2.33. The van der Waals surface area contributed by atoms with Gasteiger partial charge in [0, 0.05) is 5.69 Å². The number of nitrogen functional groups attached to an aromatic ring is 1. The molecule has 5 heteroatoms. The number of anilines is 1. The van der Waals surface area contributed by atoms with E-state index in [0.717, 1.165) is 5.56 Å². The molecule has 104 valence electrons. The van der Waals surface area contributed by atoms with Crippen LogP contribution in [0.4, 0.5) is 5.69 Å². The summed E-state index contributed by atoms with van der Waals surface area (Å²) in [6.45, 7) is 3.41. The van der Waals surface area contributed by atoms with Gasteiger partial charge in [-0.2, -0.15) is 0 Å². The number of carbonyl (C=O) groups excluding carboxylic acids is 1. The van der Waals surface area contributed by atoms with E-state index >= 15 is 0 Å². The second kappa shape index (κ2) is 6.22. The largest absolute Gasteiger partial charge is 0.480 e. The van der Waals surface area contributed by atoms with Crippen molar-refractivity contribution < 1.29 is 14.7 Å². The number of hydrogen-bond donors (Lipinski definition) is 3. The number of nitrogens with two attached hydrogens (primary N) is 1. The summed E-state index contributed by atoms with van der Waals surface area (Å²) < 4.78 is 0. The summed E-state index contributed by atoms with van der Waals surface area (Å²) in [5, 5.41) is 11.8. The Kier molecular flexibility index (Phi) is 4.92. The van der Waals surface area contributed by atoms with Gasteiger partial charge in [0.2, 0.25) is 5.91 Å². The van der Waals surface area contributed by atoms with Gasteiger partial charge in [-0.05, 0) is 31.0 Å². The molecule has 0 heterocycles. The molecule has 0 radical (unpaired) electrons. The lowest BCUT2D eigenvalue weighted by atomic mass is 9.96. The fourth-order valence-corrected chi connectivity index (χ4v) is 1.90. The molecular weight excluding hydrogens is 244 g/mol. The smallest absolute Gasteiger partial charge is 0.329 e. The average molecular weight is 264 g/mol. The van der Waals surface area contributed by atoms with Gasteiger partial charge in [-0.15, -0.1) is 0 Å². The van der Waals surface area contributed by atoms with E-state index in [-0.39, 0.29) is 12.3 Å². The lowest BCUT2D eigenvalue weighted by Gasteiger charge is -2.25. The van der Waals surface area contributed by atoms with Crippen LogP contribution in [0.3, 0.4) is 0 Å². The van der Waals surface area contributed by atoms with Crippen LogP contribution in [0.5, 0.6) is 0 Å². The molecule has 1 aromatic rings. The number of carboxylic acids is 1. The third-order valence-electron chi connectivity index (χ3n) is 2.98. The van der Waals surface area contributed by atoms with Gasteiger partial charge < -0.3 is 16.2 Å². The van der Waals surface area contributed by atoms with E-state index < -0.39 is 11.5 Å². The standard InChI is InChI=1S/C14H20N2O3/c1-3-8-14(2,13(18)19)16-12(17)9-10-4-6-11(15)7-5-10/h4-7H,3,8-9,15H2,1-2H3,(H,16,17)(H,18,19). The van der Waals surface area contributed by atoms with Crippen LogP contribution in [0.1, 0.15) is 32.3 Å². The van der Waals surface area contributed by atoms with Gasteiger partial charge in [-0.25, -0.2) is 4.79 Å². The maximum atomic E-state index is 11.9. The van der Waals surface area contributed by atoms with Crippen molar-refractivity contribution in [2.45, 2.75) is 38.6 Å². The molecule has 4 N–H and O–H groups in total. The van der Waals surface area contributed by atoms with E-state index in [1.54, 1.807) is 24.3 Å².